The van der Waals surface area contributed by atoms with E-state index in [9.17, 15) is 28.8 Å². The first kappa shape index (κ1) is 37.2. The first-order valence-electron chi connectivity index (χ1n) is 16.9. The zero-order valence-electron chi connectivity index (χ0n) is 29.4. The molecule has 0 aromatic rings. The van der Waals surface area contributed by atoms with Crippen molar-refractivity contribution in [3.05, 3.63) is 12.7 Å². The number of urea groups is 1. The molecule has 0 radical (unpaired) electrons. The summed E-state index contributed by atoms with van der Waals surface area (Å²) in [7, 11) is 0. The van der Waals surface area contributed by atoms with Crippen LogP contribution in [-0.2, 0) is 24.0 Å². The monoisotopic (exact) mass is 643 g/mol. The number of hydrogen-bond donors (Lipinski definition) is 4. The summed E-state index contributed by atoms with van der Waals surface area (Å²) in [5.41, 5.74) is -2.10. The van der Waals surface area contributed by atoms with E-state index in [2.05, 4.69) is 41.7 Å². The molecule has 1 heterocycles. The number of ketones is 2. The van der Waals surface area contributed by atoms with Crippen molar-refractivity contribution in [3.8, 4) is 0 Å². The SMILES string of the molecule is C=CCNC(=O)C(=O)C(CC)NC(=O)[C@@H]1[C@@H]2[C@H](CN1C(=O)[C@@H](NC(=O)NC1(CC(=O)C(C)(C)C)CCCCC1)C(C)(C)C)C2(C)C. The van der Waals surface area contributed by atoms with Crippen molar-refractivity contribution in [2.45, 2.75) is 131 Å². The Bertz CT molecular complexity index is 1220. The van der Waals surface area contributed by atoms with E-state index in [0.717, 1.165) is 19.3 Å². The molecule has 3 rings (SSSR count). The Balaban J connectivity index is 1.82. The zero-order chi connectivity index (χ0) is 34.8. The van der Waals surface area contributed by atoms with Gasteiger partial charge in [0.2, 0.25) is 17.6 Å². The van der Waals surface area contributed by atoms with Gasteiger partial charge in [-0.2, -0.15) is 0 Å². The molecule has 11 heteroatoms. The van der Waals surface area contributed by atoms with Crippen molar-refractivity contribution >= 4 is 35.3 Å². The van der Waals surface area contributed by atoms with Crippen molar-refractivity contribution in [3.63, 3.8) is 0 Å². The van der Waals surface area contributed by atoms with Gasteiger partial charge in [0, 0.05) is 30.5 Å². The van der Waals surface area contributed by atoms with Crippen molar-refractivity contribution < 1.29 is 28.8 Å². The molecule has 1 unspecified atom stereocenters. The molecule has 2 aliphatic carbocycles. The highest BCUT2D eigenvalue weighted by molar-refractivity contribution is 6.38. The molecular formula is C35H57N5O6. The zero-order valence-corrected chi connectivity index (χ0v) is 29.4. The van der Waals surface area contributed by atoms with Gasteiger partial charge in [0.25, 0.3) is 5.91 Å². The number of likely N-dealkylation sites (tertiary alicyclic amines) is 1. The molecular weight excluding hydrogens is 586 g/mol. The summed E-state index contributed by atoms with van der Waals surface area (Å²) in [6.07, 6.45) is 6.11. The number of rotatable bonds is 12. The van der Waals surface area contributed by atoms with Crippen LogP contribution in [0.5, 0.6) is 0 Å². The summed E-state index contributed by atoms with van der Waals surface area (Å²) in [5.74, 6) is -2.39. The molecule has 0 aromatic carbocycles. The second-order valence-corrected chi connectivity index (χ2v) is 16.3. The van der Waals surface area contributed by atoms with Crippen LogP contribution in [0.3, 0.4) is 0 Å². The van der Waals surface area contributed by atoms with Crippen LogP contribution in [0.25, 0.3) is 0 Å². The molecule has 11 nitrogen and oxygen atoms in total. The maximum atomic E-state index is 14.3. The standard InChI is InChI=1S/C35H57N5O6/c1-11-18-36-29(44)26(42)22(12-2)37-28(43)25-24-21(34(24,9)10)20-40(25)30(45)27(33(6,7)8)38-31(46)39-35(16-14-13-15-17-35)19-23(41)32(3,4)5/h11,21-22,24-25,27H,1,12-20H2,2-10H3,(H,36,44)(H,37,43)(H2,38,39,46)/t21-,22?,24-,25-,27+/m0/s1. The number of nitrogens with one attached hydrogen (secondary N) is 4. The summed E-state index contributed by atoms with van der Waals surface area (Å²) in [6, 6.07) is -3.37. The predicted octanol–water partition coefficient (Wildman–Crippen LogP) is 3.66. The fourth-order valence-corrected chi connectivity index (χ4v) is 7.20. The van der Waals surface area contributed by atoms with Crippen LogP contribution in [0, 0.1) is 28.1 Å². The molecule has 0 spiro atoms. The highest BCUT2D eigenvalue weighted by Gasteiger charge is 2.70. The molecule has 5 amide bonds. The fraction of sp³-hybridized carbons (Fsp3) is 0.771. The van der Waals surface area contributed by atoms with Crippen LogP contribution >= 0.6 is 0 Å². The lowest BCUT2D eigenvalue weighted by atomic mass is 9.74. The van der Waals surface area contributed by atoms with E-state index < -0.39 is 58.1 Å². The van der Waals surface area contributed by atoms with Gasteiger partial charge >= 0.3 is 6.03 Å². The highest BCUT2D eigenvalue weighted by Crippen LogP contribution is 2.65. The normalized spacial score (nSPS) is 24.5. The van der Waals surface area contributed by atoms with Crippen molar-refractivity contribution in [2.75, 3.05) is 13.1 Å². The van der Waals surface area contributed by atoms with Gasteiger partial charge in [-0.05, 0) is 41.9 Å². The smallest absolute Gasteiger partial charge is 0.315 e. The van der Waals surface area contributed by atoms with Gasteiger partial charge < -0.3 is 26.2 Å². The Morgan fingerprint density at radius 2 is 1.57 bits per heavy atom. The van der Waals surface area contributed by atoms with E-state index >= 15 is 0 Å². The first-order valence-corrected chi connectivity index (χ1v) is 16.9. The third-order valence-corrected chi connectivity index (χ3v) is 10.3. The molecule has 0 aromatic heterocycles. The third-order valence-electron chi connectivity index (χ3n) is 10.3. The van der Waals surface area contributed by atoms with Gasteiger partial charge in [0.05, 0.1) is 6.04 Å². The van der Waals surface area contributed by atoms with E-state index in [1.807, 2.05) is 41.5 Å². The molecule has 4 N–H and O–H groups in total. The van der Waals surface area contributed by atoms with Crippen LogP contribution in [0.4, 0.5) is 4.79 Å². The van der Waals surface area contributed by atoms with E-state index in [1.54, 1.807) is 11.8 Å². The molecule has 46 heavy (non-hydrogen) atoms. The number of amides is 5. The van der Waals surface area contributed by atoms with Crippen LogP contribution < -0.4 is 21.3 Å². The van der Waals surface area contributed by atoms with E-state index in [4.69, 9.17) is 0 Å². The van der Waals surface area contributed by atoms with Crippen LogP contribution in [0.15, 0.2) is 12.7 Å². The molecule has 0 bridgehead atoms. The second kappa shape index (κ2) is 13.9. The van der Waals surface area contributed by atoms with Gasteiger partial charge in [-0.3, -0.25) is 24.0 Å². The number of piperidine rings is 1. The topological polar surface area (TPSA) is 154 Å². The summed E-state index contributed by atoms with van der Waals surface area (Å²) in [4.78, 5) is 81.6. The lowest BCUT2D eigenvalue weighted by Gasteiger charge is -2.41. The van der Waals surface area contributed by atoms with E-state index in [0.29, 0.717) is 19.4 Å². The van der Waals surface area contributed by atoms with E-state index in [-0.39, 0.29) is 48.3 Å². The molecule has 3 fully saturated rings. The van der Waals surface area contributed by atoms with Crippen LogP contribution in [-0.4, -0.2) is 77.0 Å². The van der Waals surface area contributed by atoms with Gasteiger partial charge in [-0.15, -0.1) is 6.58 Å². The van der Waals surface area contributed by atoms with Gasteiger partial charge in [-0.25, -0.2) is 4.79 Å². The highest BCUT2D eigenvalue weighted by atomic mass is 16.2. The number of carbonyl (C=O) groups excluding carboxylic acids is 6. The number of Topliss-reactive ketones (excluding diaryl/α,β-unsaturated/α-hetero) is 2. The average molecular weight is 644 g/mol. The van der Waals surface area contributed by atoms with Crippen molar-refractivity contribution in [2.24, 2.45) is 28.1 Å². The Kier molecular flexibility index (Phi) is 11.2. The van der Waals surface area contributed by atoms with Gasteiger partial charge in [0.15, 0.2) is 0 Å². The second-order valence-electron chi connectivity index (χ2n) is 16.3. The minimum atomic E-state index is -1.04. The van der Waals surface area contributed by atoms with Gasteiger partial charge in [-0.1, -0.05) is 87.7 Å². The Hall–Kier alpha value is -3.24. The molecule has 3 aliphatic rings. The quantitative estimate of drug-likeness (QED) is 0.188. The van der Waals surface area contributed by atoms with Crippen molar-refractivity contribution in [1.82, 2.24) is 26.2 Å². The first-order chi connectivity index (χ1) is 21.2. The number of fused-ring (bicyclic) bond motifs is 1. The molecule has 258 valence electrons. The van der Waals surface area contributed by atoms with Crippen LogP contribution in [0.1, 0.15) is 107 Å². The predicted molar refractivity (Wildman–Crippen MR) is 177 cm³/mol. The maximum Gasteiger partial charge on any atom is 0.315 e. The number of carbonyl (C=O) groups is 6. The summed E-state index contributed by atoms with van der Waals surface area (Å²) in [6.45, 7) is 21.1. The number of hydrogen-bond acceptors (Lipinski definition) is 6. The lowest BCUT2D eigenvalue weighted by Crippen LogP contribution is -2.63. The lowest BCUT2D eigenvalue weighted by molar-refractivity contribution is -0.145. The summed E-state index contributed by atoms with van der Waals surface area (Å²) < 4.78 is 0. The molecule has 5 atom stereocenters. The minimum absolute atomic E-state index is 0.0768. The Morgan fingerprint density at radius 3 is 2.09 bits per heavy atom. The van der Waals surface area contributed by atoms with Gasteiger partial charge in [0.1, 0.15) is 17.9 Å². The Morgan fingerprint density at radius 1 is 0.957 bits per heavy atom. The maximum absolute atomic E-state index is 14.3. The summed E-state index contributed by atoms with van der Waals surface area (Å²) >= 11 is 0. The number of nitrogens with zero attached hydrogens (tertiary/aromatic N) is 1. The summed E-state index contributed by atoms with van der Waals surface area (Å²) in [5, 5.41) is 11.3. The molecule has 1 aliphatic heterocycles. The molecule has 1 saturated heterocycles. The van der Waals surface area contributed by atoms with E-state index in [1.165, 1.54) is 6.08 Å². The van der Waals surface area contributed by atoms with Crippen LogP contribution in [0.2, 0.25) is 0 Å². The largest absolute Gasteiger partial charge is 0.346 e. The van der Waals surface area contributed by atoms with Crippen molar-refractivity contribution in [1.29, 1.82) is 0 Å². The average Bonchev–Trinajstić information content (AvgIpc) is 3.27. The fourth-order valence-electron chi connectivity index (χ4n) is 7.20. The Labute approximate surface area is 274 Å². The molecule has 2 saturated carbocycles. The third kappa shape index (κ3) is 8.18. The minimum Gasteiger partial charge on any atom is -0.346 e.